The third kappa shape index (κ3) is 3.92. The molecule has 76 valence electrons. The molecule has 0 spiro atoms. The molecule has 0 saturated carbocycles. The van der Waals surface area contributed by atoms with Crippen molar-refractivity contribution in [1.29, 1.82) is 0 Å². The molecule has 0 aliphatic rings. The van der Waals surface area contributed by atoms with E-state index < -0.39 is 0 Å². The Kier molecular flexibility index (Phi) is 4.66. The lowest BCUT2D eigenvalue weighted by Gasteiger charge is -2.04. The van der Waals surface area contributed by atoms with Gasteiger partial charge in [0.2, 0.25) is 5.91 Å². The molecular weight excluding hydrogens is 242 g/mol. The van der Waals surface area contributed by atoms with Gasteiger partial charge in [0, 0.05) is 18.3 Å². The number of amides is 1. The molecule has 3 heteroatoms. The SMILES string of the molecule is Cc1cccc(CNC(=O)CCBr)c1. The van der Waals surface area contributed by atoms with Crippen molar-refractivity contribution in [3.05, 3.63) is 35.4 Å². The van der Waals surface area contributed by atoms with E-state index in [4.69, 9.17) is 0 Å². The fourth-order valence-corrected chi connectivity index (χ4v) is 1.56. The van der Waals surface area contributed by atoms with E-state index in [2.05, 4.69) is 27.3 Å². The number of hydrogen-bond donors (Lipinski definition) is 1. The molecule has 0 radical (unpaired) electrons. The number of aryl methyl sites for hydroxylation is 1. The zero-order valence-corrected chi connectivity index (χ0v) is 9.80. The molecule has 0 aliphatic heterocycles. The number of nitrogens with one attached hydrogen (secondary N) is 1. The minimum absolute atomic E-state index is 0.0865. The van der Waals surface area contributed by atoms with Crippen molar-refractivity contribution in [3.8, 4) is 0 Å². The number of alkyl halides is 1. The van der Waals surface area contributed by atoms with Gasteiger partial charge in [-0.15, -0.1) is 0 Å². The van der Waals surface area contributed by atoms with Crippen LogP contribution in [0.3, 0.4) is 0 Å². The Hall–Kier alpha value is -0.830. The van der Waals surface area contributed by atoms with E-state index in [0.29, 0.717) is 18.3 Å². The molecule has 0 fully saturated rings. The summed E-state index contributed by atoms with van der Waals surface area (Å²) in [6.45, 7) is 2.66. The zero-order chi connectivity index (χ0) is 10.4. The van der Waals surface area contributed by atoms with E-state index in [-0.39, 0.29) is 5.91 Å². The van der Waals surface area contributed by atoms with Crippen molar-refractivity contribution >= 4 is 21.8 Å². The minimum Gasteiger partial charge on any atom is -0.352 e. The Balaban J connectivity index is 2.41. The van der Waals surface area contributed by atoms with Gasteiger partial charge in [0.05, 0.1) is 0 Å². The quantitative estimate of drug-likeness (QED) is 0.823. The first kappa shape index (κ1) is 11.2. The molecule has 1 amide bonds. The fraction of sp³-hybridized carbons (Fsp3) is 0.364. The summed E-state index contributed by atoms with van der Waals surface area (Å²) < 4.78 is 0. The highest BCUT2D eigenvalue weighted by Gasteiger charge is 1.99. The predicted molar refractivity (Wildman–Crippen MR) is 61.4 cm³/mol. The van der Waals surface area contributed by atoms with E-state index in [0.717, 1.165) is 5.56 Å². The van der Waals surface area contributed by atoms with Gasteiger partial charge in [-0.25, -0.2) is 0 Å². The van der Waals surface area contributed by atoms with Gasteiger partial charge in [-0.05, 0) is 12.5 Å². The summed E-state index contributed by atoms with van der Waals surface area (Å²) in [5.41, 5.74) is 2.37. The molecule has 0 unspecified atom stereocenters. The lowest BCUT2D eigenvalue weighted by Crippen LogP contribution is -2.22. The van der Waals surface area contributed by atoms with Gasteiger partial charge in [-0.3, -0.25) is 4.79 Å². The molecule has 0 bridgehead atoms. The number of hydrogen-bond acceptors (Lipinski definition) is 1. The molecule has 2 nitrogen and oxygen atoms in total. The molecule has 0 aliphatic carbocycles. The number of benzene rings is 1. The number of carbonyl (C=O) groups is 1. The fourth-order valence-electron chi connectivity index (χ4n) is 1.20. The van der Waals surface area contributed by atoms with Crippen molar-refractivity contribution < 1.29 is 4.79 Å². The molecule has 1 aromatic carbocycles. The molecule has 1 N–H and O–H groups in total. The van der Waals surface area contributed by atoms with Crippen LogP contribution in [0, 0.1) is 6.92 Å². The van der Waals surface area contributed by atoms with Crippen LogP contribution in [0.15, 0.2) is 24.3 Å². The van der Waals surface area contributed by atoms with Crippen molar-refractivity contribution in [2.24, 2.45) is 0 Å². The smallest absolute Gasteiger partial charge is 0.221 e. The first-order chi connectivity index (χ1) is 6.72. The average molecular weight is 256 g/mol. The van der Waals surface area contributed by atoms with Crippen LogP contribution in [0.2, 0.25) is 0 Å². The third-order valence-corrected chi connectivity index (χ3v) is 2.29. The summed E-state index contributed by atoms with van der Waals surface area (Å²) in [6, 6.07) is 8.14. The standard InChI is InChI=1S/C11H14BrNO/c1-9-3-2-4-10(7-9)8-13-11(14)5-6-12/h2-4,7H,5-6,8H2,1H3,(H,13,14). The van der Waals surface area contributed by atoms with E-state index in [9.17, 15) is 4.79 Å². The molecule has 1 rings (SSSR count). The maximum absolute atomic E-state index is 11.2. The Bertz CT molecular complexity index is 312. The van der Waals surface area contributed by atoms with Crippen LogP contribution >= 0.6 is 15.9 Å². The molecule has 0 aromatic heterocycles. The Morgan fingerprint density at radius 2 is 2.29 bits per heavy atom. The van der Waals surface area contributed by atoms with E-state index in [1.807, 2.05) is 25.1 Å². The Morgan fingerprint density at radius 3 is 2.93 bits per heavy atom. The maximum atomic E-state index is 11.2. The topological polar surface area (TPSA) is 29.1 Å². The van der Waals surface area contributed by atoms with Gasteiger partial charge in [0.25, 0.3) is 0 Å². The van der Waals surface area contributed by atoms with Gasteiger partial charge in [-0.2, -0.15) is 0 Å². The van der Waals surface area contributed by atoms with Gasteiger partial charge >= 0.3 is 0 Å². The van der Waals surface area contributed by atoms with Gasteiger partial charge < -0.3 is 5.32 Å². The highest BCUT2D eigenvalue weighted by atomic mass is 79.9. The molecular formula is C11H14BrNO. The average Bonchev–Trinajstić information content (AvgIpc) is 2.15. The van der Waals surface area contributed by atoms with E-state index >= 15 is 0 Å². The lowest BCUT2D eigenvalue weighted by atomic mass is 10.1. The Labute approximate surface area is 92.8 Å². The number of carbonyl (C=O) groups excluding carboxylic acids is 1. The van der Waals surface area contributed by atoms with Crippen molar-refractivity contribution in [2.75, 3.05) is 5.33 Å². The molecule has 1 aromatic rings. The summed E-state index contributed by atoms with van der Waals surface area (Å²) in [6.07, 6.45) is 0.534. The second-order valence-electron chi connectivity index (χ2n) is 3.20. The van der Waals surface area contributed by atoms with Crippen LogP contribution in [0.5, 0.6) is 0 Å². The van der Waals surface area contributed by atoms with Crippen molar-refractivity contribution in [3.63, 3.8) is 0 Å². The Morgan fingerprint density at radius 1 is 1.50 bits per heavy atom. The largest absolute Gasteiger partial charge is 0.352 e. The summed E-state index contributed by atoms with van der Waals surface area (Å²) in [5, 5.41) is 3.57. The van der Waals surface area contributed by atoms with Crippen LogP contribution in [0.1, 0.15) is 17.5 Å². The minimum atomic E-state index is 0.0865. The van der Waals surface area contributed by atoms with E-state index in [1.165, 1.54) is 5.56 Å². The molecule has 14 heavy (non-hydrogen) atoms. The van der Waals surface area contributed by atoms with Gasteiger partial charge in [0.1, 0.15) is 0 Å². The van der Waals surface area contributed by atoms with Crippen molar-refractivity contribution in [1.82, 2.24) is 5.32 Å². The van der Waals surface area contributed by atoms with Gasteiger partial charge in [0.15, 0.2) is 0 Å². The molecule has 0 atom stereocenters. The highest BCUT2D eigenvalue weighted by molar-refractivity contribution is 9.09. The van der Waals surface area contributed by atoms with Crippen LogP contribution in [0.4, 0.5) is 0 Å². The van der Waals surface area contributed by atoms with Crippen LogP contribution < -0.4 is 5.32 Å². The first-order valence-corrected chi connectivity index (χ1v) is 5.72. The normalized spacial score (nSPS) is 9.86. The van der Waals surface area contributed by atoms with Crippen molar-refractivity contribution in [2.45, 2.75) is 19.9 Å². The van der Waals surface area contributed by atoms with E-state index in [1.54, 1.807) is 0 Å². The molecule has 0 saturated heterocycles. The monoisotopic (exact) mass is 255 g/mol. The van der Waals surface area contributed by atoms with Crippen LogP contribution in [-0.2, 0) is 11.3 Å². The van der Waals surface area contributed by atoms with Crippen LogP contribution in [0.25, 0.3) is 0 Å². The molecule has 0 heterocycles. The predicted octanol–water partition coefficient (Wildman–Crippen LogP) is 2.40. The summed E-state index contributed by atoms with van der Waals surface area (Å²) in [4.78, 5) is 11.2. The lowest BCUT2D eigenvalue weighted by molar-refractivity contribution is -0.120. The number of halogens is 1. The summed E-state index contributed by atoms with van der Waals surface area (Å²) in [7, 11) is 0. The number of rotatable bonds is 4. The highest BCUT2D eigenvalue weighted by Crippen LogP contribution is 2.03. The third-order valence-electron chi connectivity index (χ3n) is 1.89. The second kappa shape index (κ2) is 5.81. The summed E-state index contributed by atoms with van der Waals surface area (Å²) >= 11 is 3.23. The van der Waals surface area contributed by atoms with Crippen LogP contribution in [-0.4, -0.2) is 11.2 Å². The first-order valence-electron chi connectivity index (χ1n) is 4.60. The summed E-state index contributed by atoms with van der Waals surface area (Å²) in [5.74, 6) is 0.0865. The van der Waals surface area contributed by atoms with Gasteiger partial charge in [-0.1, -0.05) is 45.8 Å². The zero-order valence-electron chi connectivity index (χ0n) is 8.22. The maximum Gasteiger partial charge on any atom is 0.221 e. The second-order valence-corrected chi connectivity index (χ2v) is 4.00.